The van der Waals surface area contributed by atoms with Crippen LogP contribution in [0.5, 0.6) is 0 Å². The third kappa shape index (κ3) is 0.485. The van der Waals surface area contributed by atoms with Gasteiger partial charge in [0.1, 0.15) is 0 Å². The van der Waals surface area contributed by atoms with Crippen LogP contribution in [-0.4, -0.2) is 24.0 Å². The maximum atomic E-state index is 3.86. The maximum Gasteiger partial charge on any atom is 0.0418 e. The average Bonchev–Trinajstić information content (AvgIpc) is 2.52. The summed E-state index contributed by atoms with van der Waals surface area (Å²) < 4.78 is 0. The van der Waals surface area contributed by atoms with Gasteiger partial charge in [0.25, 0.3) is 0 Å². The van der Waals surface area contributed by atoms with Gasteiger partial charge in [-0.25, -0.2) is 0 Å². The standard InChI is InChI=1S/C8H13N/c1-3-8-6-7(8)4-5-9(8)2/h3,7H,1,4-6H2,2H3. The molecular formula is C8H13N. The molecule has 0 aromatic heterocycles. The third-order valence-electron chi connectivity index (χ3n) is 3.00. The van der Waals surface area contributed by atoms with Crippen LogP contribution in [0.1, 0.15) is 12.8 Å². The number of hydrogen-bond donors (Lipinski definition) is 0. The van der Waals surface area contributed by atoms with Crippen LogP contribution >= 0.6 is 0 Å². The summed E-state index contributed by atoms with van der Waals surface area (Å²) in [6.45, 7) is 5.14. The van der Waals surface area contributed by atoms with Gasteiger partial charge in [-0.1, -0.05) is 6.08 Å². The van der Waals surface area contributed by atoms with Crippen LogP contribution in [-0.2, 0) is 0 Å². The zero-order chi connectivity index (χ0) is 6.48. The Balaban J connectivity index is 2.23. The molecule has 2 rings (SSSR count). The monoisotopic (exact) mass is 123 g/mol. The van der Waals surface area contributed by atoms with Gasteiger partial charge >= 0.3 is 0 Å². The SMILES string of the molecule is C=CC12CC1CCN2C. The van der Waals surface area contributed by atoms with E-state index in [1.165, 1.54) is 19.4 Å². The van der Waals surface area contributed by atoms with Gasteiger partial charge in [0.2, 0.25) is 0 Å². The fourth-order valence-corrected chi connectivity index (χ4v) is 2.12. The fourth-order valence-electron chi connectivity index (χ4n) is 2.12. The summed E-state index contributed by atoms with van der Waals surface area (Å²) in [6.07, 6.45) is 4.89. The van der Waals surface area contributed by atoms with Crippen molar-refractivity contribution in [3.63, 3.8) is 0 Å². The molecule has 2 atom stereocenters. The van der Waals surface area contributed by atoms with Crippen molar-refractivity contribution in [2.75, 3.05) is 13.6 Å². The van der Waals surface area contributed by atoms with Gasteiger partial charge in [-0.3, -0.25) is 4.90 Å². The Morgan fingerprint density at radius 3 is 2.78 bits per heavy atom. The third-order valence-corrected chi connectivity index (χ3v) is 3.00. The summed E-state index contributed by atoms with van der Waals surface area (Å²) in [5, 5.41) is 0. The van der Waals surface area contributed by atoms with E-state index in [4.69, 9.17) is 0 Å². The number of hydrogen-bond acceptors (Lipinski definition) is 1. The highest BCUT2D eigenvalue weighted by atomic mass is 15.2. The summed E-state index contributed by atoms with van der Waals surface area (Å²) in [5.74, 6) is 0.958. The van der Waals surface area contributed by atoms with Gasteiger partial charge < -0.3 is 0 Å². The van der Waals surface area contributed by atoms with Crippen molar-refractivity contribution in [1.29, 1.82) is 0 Å². The molecule has 50 valence electrons. The Morgan fingerprint density at radius 2 is 2.56 bits per heavy atom. The summed E-state index contributed by atoms with van der Waals surface area (Å²) in [6, 6.07) is 0. The Bertz CT molecular complexity index is 153. The smallest absolute Gasteiger partial charge is 0.0418 e. The fraction of sp³-hybridized carbons (Fsp3) is 0.750. The van der Waals surface area contributed by atoms with Crippen molar-refractivity contribution in [2.45, 2.75) is 18.4 Å². The first-order valence-electron chi connectivity index (χ1n) is 3.64. The van der Waals surface area contributed by atoms with E-state index < -0.39 is 0 Å². The Kier molecular flexibility index (Phi) is 0.854. The van der Waals surface area contributed by atoms with Crippen molar-refractivity contribution in [2.24, 2.45) is 5.92 Å². The van der Waals surface area contributed by atoms with Crippen LogP contribution in [0, 0.1) is 5.92 Å². The van der Waals surface area contributed by atoms with Gasteiger partial charge in [-0.05, 0) is 32.4 Å². The average molecular weight is 123 g/mol. The lowest BCUT2D eigenvalue weighted by molar-refractivity contribution is 0.308. The Hall–Kier alpha value is -0.300. The summed E-state index contributed by atoms with van der Waals surface area (Å²) in [7, 11) is 2.20. The highest BCUT2D eigenvalue weighted by molar-refractivity contribution is 5.24. The van der Waals surface area contributed by atoms with E-state index in [2.05, 4.69) is 24.6 Å². The lowest BCUT2D eigenvalue weighted by Gasteiger charge is -2.18. The molecule has 1 aliphatic heterocycles. The topological polar surface area (TPSA) is 3.24 Å². The molecule has 0 spiro atoms. The highest BCUT2D eigenvalue weighted by Crippen LogP contribution is 2.55. The largest absolute Gasteiger partial charge is 0.297 e. The van der Waals surface area contributed by atoms with Gasteiger partial charge in [0.05, 0.1) is 0 Å². The van der Waals surface area contributed by atoms with Crippen molar-refractivity contribution in [3.05, 3.63) is 12.7 Å². The van der Waals surface area contributed by atoms with Crippen molar-refractivity contribution in [3.8, 4) is 0 Å². The molecule has 0 amide bonds. The van der Waals surface area contributed by atoms with E-state index in [1.54, 1.807) is 0 Å². The second kappa shape index (κ2) is 1.40. The molecule has 0 radical (unpaired) electrons. The number of nitrogens with zero attached hydrogens (tertiary/aromatic N) is 1. The van der Waals surface area contributed by atoms with E-state index in [-0.39, 0.29) is 0 Å². The number of piperidine rings is 1. The molecular weight excluding hydrogens is 110 g/mol. The maximum absolute atomic E-state index is 3.86. The van der Waals surface area contributed by atoms with Crippen LogP contribution in [0.2, 0.25) is 0 Å². The molecule has 1 heteroatoms. The van der Waals surface area contributed by atoms with Gasteiger partial charge in [0, 0.05) is 5.54 Å². The van der Waals surface area contributed by atoms with Crippen LogP contribution < -0.4 is 0 Å². The van der Waals surface area contributed by atoms with E-state index >= 15 is 0 Å². The van der Waals surface area contributed by atoms with Gasteiger partial charge in [0.15, 0.2) is 0 Å². The van der Waals surface area contributed by atoms with E-state index in [0.717, 1.165) is 5.92 Å². The molecule has 1 heterocycles. The Morgan fingerprint density at radius 1 is 1.78 bits per heavy atom. The quantitative estimate of drug-likeness (QED) is 0.474. The number of fused-ring (bicyclic) bond motifs is 1. The summed E-state index contributed by atoms with van der Waals surface area (Å²) in [5.41, 5.74) is 0.458. The van der Waals surface area contributed by atoms with E-state index in [0.29, 0.717) is 5.54 Å². The zero-order valence-corrected chi connectivity index (χ0v) is 5.93. The minimum Gasteiger partial charge on any atom is -0.297 e. The molecule has 0 aromatic carbocycles. The second-order valence-corrected chi connectivity index (χ2v) is 3.31. The van der Waals surface area contributed by atoms with Crippen molar-refractivity contribution < 1.29 is 0 Å². The molecule has 9 heavy (non-hydrogen) atoms. The lowest BCUT2D eigenvalue weighted by atomic mass is 10.2. The Labute approximate surface area is 56.4 Å². The van der Waals surface area contributed by atoms with Gasteiger partial charge in [-0.15, -0.1) is 6.58 Å². The first-order chi connectivity index (χ1) is 4.29. The number of likely N-dealkylation sites (tertiary alicyclic amines) is 1. The zero-order valence-electron chi connectivity index (χ0n) is 5.93. The normalized spacial score (nSPS) is 48.8. The lowest BCUT2D eigenvalue weighted by Crippen LogP contribution is -2.28. The molecule has 1 aliphatic carbocycles. The van der Waals surface area contributed by atoms with Crippen LogP contribution in [0.3, 0.4) is 0 Å². The first-order valence-corrected chi connectivity index (χ1v) is 3.64. The number of likely N-dealkylation sites (N-methyl/N-ethyl adjacent to an activating group) is 1. The highest BCUT2D eigenvalue weighted by Gasteiger charge is 2.58. The predicted octanol–water partition coefficient (Wildman–Crippen LogP) is 1.27. The molecule has 1 saturated heterocycles. The first kappa shape index (κ1) is 5.48. The molecule has 1 nitrogen and oxygen atoms in total. The van der Waals surface area contributed by atoms with Crippen LogP contribution in [0.15, 0.2) is 12.7 Å². The predicted molar refractivity (Wildman–Crippen MR) is 38.3 cm³/mol. The molecule has 2 fully saturated rings. The summed E-state index contributed by atoms with van der Waals surface area (Å²) in [4.78, 5) is 2.44. The van der Waals surface area contributed by atoms with Crippen molar-refractivity contribution in [1.82, 2.24) is 4.90 Å². The van der Waals surface area contributed by atoms with Crippen LogP contribution in [0.4, 0.5) is 0 Å². The van der Waals surface area contributed by atoms with E-state index in [1.807, 2.05) is 0 Å². The molecule has 2 unspecified atom stereocenters. The molecule has 0 bridgehead atoms. The minimum atomic E-state index is 0.458. The molecule has 0 N–H and O–H groups in total. The molecule has 2 aliphatic rings. The minimum absolute atomic E-state index is 0.458. The van der Waals surface area contributed by atoms with Crippen molar-refractivity contribution >= 4 is 0 Å². The second-order valence-electron chi connectivity index (χ2n) is 3.31. The molecule has 1 saturated carbocycles. The van der Waals surface area contributed by atoms with Crippen LogP contribution in [0.25, 0.3) is 0 Å². The molecule has 0 aromatic rings. The van der Waals surface area contributed by atoms with E-state index in [9.17, 15) is 0 Å². The van der Waals surface area contributed by atoms with Gasteiger partial charge in [-0.2, -0.15) is 0 Å². The summed E-state index contributed by atoms with van der Waals surface area (Å²) >= 11 is 0. The number of rotatable bonds is 1.